The summed E-state index contributed by atoms with van der Waals surface area (Å²) in [6.07, 6.45) is 5.23. The van der Waals surface area contributed by atoms with E-state index in [-0.39, 0.29) is 5.91 Å². The third kappa shape index (κ3) is 1.71. The summed E-state index contributed by atoms with van der Waals surface area (Å²) in [6.45, 7) is 1.40. The Morgan fingerprint density at radius 1 is 1.40 bits per heavy atom. The van der Waals surface area contributed by atoms with Crippen molar-refractivity contribution in [2.45, 2.75) is 26.2 Å². The number of fused-ring (bicyclic) bond motifs is 1. The molecule has 0 aromatic heterocycles. The average Bonchev–Trinajstić information content (AvgIpc) is 2.65. The van der Waals surface area contributed by atoms with Crippen molar-refractivity contribution in [1.29, 1.82) is 5.26 Å². The number of aryl methyl sites for hydroxylation is 2. The second-order valence-corrected chi connectivity index (χ2v) is 3.76. The molecule has 0 spiro atoms. The molecule has 0 bridgehead atoms. The minimum Gasteiger partial charge on any atom is -0.274 e. The summed E-state index contributed by atoms with van der Waals surface area (Å²) in [5.74, 6) is -0.240. The molecule has 76 valence electrons. The van der Waals surface area contributed by atoms with Crippen LogP contribution in [0.4, 0.5) is 5.69 Å². The number of carbonyl (C=O) groups excluding carboxylic acids is 1. The molecular weight excluding hydrogens is 188 g/mol. The molecule has 0 aliphatic heterocycles. The number of rotatable bonds is 1. The van der Waals surface area contributed by atoms with Gasteiger partial charge in [0.05, 0.1) is 5.69 Å². The van der Waals surface area contributed by atoms with E-state index in [0.29, 0.717) is 5.69 Å². The SMILES string of the molecule is CC(=O)N(C#N)c1ccc2c(c1)CCC2. The molecule has 0 radical (unpaired) electrons. The van der Waals surface area contributed by atoms with Gasteiger partial charge in [-0.25, -0.2) is 4.90 Å². The topological polar surface area (TPSA) is 44.1 Å². The highest BCUT2D eigenvalue weighted by Gasteiger charge is 2.15. The molecule has 1 amide bonds. The second kappa shape index (κ2) is 3.74. The summed E-state index contributed by atoms with van der Waals surface area (Å²) < 4.78 is 0. The van der Waals surface area contributed by atoms with Gasteiger partial charge in [-0.3, -0.25) is 4.79 Å². The zero-order chi connectivity index (χ0) is 10.8. The monoisotopic (exact) mass is 200 g/mol. The van der Waals surface area contributed by atoms with Gasteiger partial charge in [-0.1, -0.05) is 6.07 Å². The normalized spacial score (nSPS) is 13.1. The van der Waals surface area contributed by atoms with Crippen LogP contribution >= 0.6 is 0 Å². The van der Waals surface area contributed by atoms with E-state index in [0.717, 1.165) is 17.7 Å². The van der Waals surface area contributed by atoms with Crippen molar-refractivity contribution in [2.24, 2.45) is 0 Å². The van der Waals surface area contributed by atoms with Gasteiger partial charge in [0.15, 0.2) is 6.19 Å². The van der Waals surface area contributed by atoms with E-state index >= 15 is 0 Å². The van der Waals surface area contributed by atoms with E-state index in [4.69, 9.17) is 5.26 Å². The third-order valence-electron chi connectivity index (χ3n) is 2.76. The molecule has 0 saturated heterocycles. The first-order chi connectivity index (χ1) is 7.22. The molecule has 0 N–H and O–H groups in total. The summed E-state index contributed by atoms with van der Waals surface area (Å²) in [4.78, 5) is 12.3. The van der Waals surface area contributed by atoms with Crippen molar-refractivity contribution in [2.75, 3.05) is 4.90 Å². The predicted octanol–water partition coefficient (Wildman–Crippen LogP) is 2.01. The molecule has 1 aliphatic rings. The lowest BCUT2D eigenvalue weighted by Crippen LogP contribution is -2.22. The van der Waals surface area contributed by atoms with Crippen molar-refractivity contribution in [3.05, 3.63) is 29.3 Å². The summed E-state index contributed by atoms with van der Waals surface area (Å²) in [7, 11) is 0. The number of hydrogen-bond donors (Lipinski definition) is 0. The number of benzene rings is 1. The van der Waals surface area contributed by atoms with E-state index in [1.54, 1.807) is 0 Å². The first-order valence-corrected chi connectivity index (χ1v) is 5.04. The van der Waals surface area contributed by atoms with Gasteiger partial charge in [0.1, 0.15) is 0 Å². The highest BCUT2D eigenvalue weighted by atomic mass is 16.2. The van der Waals surface area contributed by atoms with Gasteiger partial charge < -0.3 is 0 Å². The molecule has 0 atom stereocenters. The summed E-state index contributed by atoms with van der Waals surface area (Å²) in [6, 6.07) is 5.81. The van der Waals surface area contributed by atoms with Crippen molar-refractivity contribution in [1.82, 2.24) is 0 Å². The van der Waals surface area contributed by atoms with Crippen LogP contribution in [0, 0.1) is 11.5 Å². The maximum absolute atomic E-state index is 11.2. The zero-order valence-corrected chi connectivity index (χ0v) is 8.66. The second-order valence-electron chi connectivity index (χ2n) is 3.76. The minimum atomic E-state index is -0.240. The number of nitriles is 1. The Morgan fingerprint density at radius 2 is 2.13 bits per heavy atom. The number of carbonyl (C=O) groups is 1. The van der Waals surface area contributed by atoms with Gasteiger partial charge in [0.25, 0.3) is 0 Å². The highest BCUT2D eigenvalue weighted by molar-refractivity contribution is 5.94. The molecule has 1 aromatic carbocycles. The Labute approximate surface area is 88.9 Å². The standard InChI is InChI=1S/C12H12N2O/c1-9(15)14(8-13)12-6-5-10-3-2-4-11(10)7-12/h5-7H,2-4H2,1H3. The van der Waals surface area contributed by atoms with Gasteiger partial charge in [-0.2, -0.15) is 5.26 Å². The lowest BCUT2D eigenvalue weighted by molar-refractivity contribution is -0.115. The molecule has 1 aliphatic carbocycles. The van der Waals surface area contributed by atoms with Gasteiger partial charge in [0, 0.05) is 6.92 Å². The molecule has 2 rings (SSSR count). The fourth-order valence-electron chi connectivity index (χ4n) is 2.01. The lowest BCUT2D eigenvalue weighted by Gasteiger charge is -2.12. The van der Waals surface area contributed by atoms with Gasteiger partial charge in [-0.15, -0.1) is 0 Å². The quantitative estimate of drug-likeness (QED) is 0.514. The Kier molecular flexibility index (Phi) is 2.42. The van der Waals surface area contributed by atoms with Crippen molar-refractivity contribution >= 4 is 11.6 Å². The predicted molar refractivity (Wildman–Crippen MR) is 57.2 cm³/mol. The van der Waals surface area contributed by atoms with E-state index < -0.39 is 0 Å². The van der Waals surface area contributed by atoms with E-state index in [9.17, 15) is 4.79 Å². The average molecular weight is 200 g/mol. The molecular formula is C12H12N2O. The van der Waals surface area contributed by atoms with Crippen LogP contribution in [0.5, 0.6) is 0 Å². The van der Waals surface area contributed by atoms with Crippen LogP contribution in [0.25, 0.3) is 0 Å². The molecule has 15 heavy (non-hydrogen) atoms. The first kappa shape index (κ1) is 9.72. The van der Waals surface area contributed by atoms with Crippen LogP contribution in [0.3, 0.4) is 0 Å². The van der Waals surface area contributed by atoms with Gasteiger partial charge in [-0.05, 0) is 42.5 Å². The molecule has 3 nitrogen and oxygen atoms in total. The Bertz CT molecular complexity index is 445. The minimum absolute atomic E-state index is 0.240. The molecule has 0 saturated carbocycles. The lowest BCUT2D eigenvalue weighted by atomic mass is 10.1. The Morgan fingerprint density at radius 3 is 2.80 bits per heavy atom. The smallest absolute Gasteiger partial charge is 0.237 e. The fraction of sp³-hybridized carbons (Fsp3) is 0.333. The molecule has 0 fully saturated rings. The largest absolute Gasteiger partial charge is 0.274 e. The summed E-state index contributed by atoms with van der Waals surface area (Å²) in [5, 5.41) is 8.85. The van der Waals surface area contributed by atoms with Crippen LogP contribution in [0.2, 0.25) is 0 Å². The van der Waals surface area contributed by atoms with Crippen LogP contribution in [0.1, 0.15) is 24.5 Å². The summed E-state index contributed by atoms with van der Waals surface area (Å²) in [5.41, 5.74) is 3.31. The van der Waals surface area contributed by atoms with Crippen molar-refractivity contribution in [3.8, 4) is 6.19 Å². The van der Waals surface area contributed by atoms with Crippen LogP contribution < -0.4 is 4.90 Å². The maximum Gasteiger partial charge on any atom is 0.237 e. The summed E-state index contributed by atoms with van der Waals surface area (Å²) >= 11 is 0. The molecule has 0 unspecified atom stereocenters. The molecule has 1 aromatic rings. The first-order valence-electron chi connectivity index (χ1n) is 5.04. The number of amides is 1. The van der Waals surface area contributed by atoms with Gasteiger partial charge >= 0.3 is 0 Å². The van der Waals surface area contributed by atoms with E-state index in [2.05, 4.69) is 0 Å². The zero-order valence-electron chi connectivity index (χ0n) is 8.66. The number of hydrogen-bond acceptors (Lipinski definition) is 2. The van der Waals surface area contributed by atoms with Crippen molar-refractivity contribution in [3.63, 3.8) is 0 Å². The highest BCUT2D eigenvalue weighted by Crippen LogP contribution is 2.26. The van der Waals surface area contributed by atoms with E-state index in [1.165, 1.54) is 24.5 Å². The number of anilines is 1. The van der Waals surface area contributed by atoms with Crippen molar-refractivity contribution < 1.29 is 4.79 Å². The molecule has 0 heterocycles. The van der Waals surface area contributed by atoms with Crippen LogP contribution in [0.15, 0.2) is 18.2 Å². The molecule has 3 heteroatoms. The maximum atomic E-state index is 11.2. The Balaban J connectivity index is 2.38. The number of nitrogens with zero attached hydrogens (tertiary/aromatic N) is 2. The Hall–Kier alpha value is -1.82. The van der Waals surface area contributed by atoms with E-state index in [1.807, 2.05) is 24.4 Å². The fourth-order valence-corrected chi connectivity index (χ4v) is 2.01. The third-order valence-corrected chi connectivity index (χ3v) is 2.76. The van der Waals surface area contributed by atoms with Gasteiger partial charge in [0.2, 0.25) is 5.91 Å². The van der Waals surface area contributed by atoms with Crippen LogP contribution in [-0.4, -0.2) is 5.91 Å². The van der Waals surface area contributed by atoms with Crippen LogP contribution in [-0.2, 0) is 17.6 Å².